The lowest BCUT2D eigenvalue weighted by atomic mass is 9.93. The molecule has 0 aliphatic heterocycles. The van der Waals surface area contributed by atoms with E-state index >= 15 is 0 Å². The average Bonchev–Trinajstić information content (AvgIpc) is 2.25. The summed E-state index contributed by atoms with van der Waals surface area (Å²) in [5.74, 6) is -0.116. The van der Waals surface area contributed by atoms with Crippen molar-refractivity contribution in [3.8, 4) is 5.75 Å². The number of alkyl halides is 2. The van der Waals surface area contributed by atoms with Crippen LogP contribution in [0, 0.1) is 12.7 Å². The Labute approximate surface area is 99.6 Å². The molecule has 0 heterocycles. The fraction of sp³-hybridized carbons (Fsp3) is 0.538. The van der Waals surface area contributed by atoms with Crippen LogP contribution in [0.25, 0.3) is 0 Å². The number of ether oxygens (including phenoxy) is 1. The van der Waals surface area contributed by atoms with Crippen molar-refractivity contribution < 1.29 is 17.9 Å². The topological polar surface area (TPSA) is 9.23 Å². The van der Waals surface area contributed by atoms with Gasteiger partial charge in [0.2, 0.25) is 0 Å². The first-order valence-corrected chi connectivity index (χ1v) is 5.66. The molecule has 1 atom stereocenters. The van der Waals surface area contributed by atoms with Crippen LogP contribution in [0.3, 0.4) is 0 Å². The van der Waals surface area contributed by atoms with E-state index in [-0.39, 0.29) is 17.5 Å². The molecule has 1 nitrogen and oxygen atoms in total. The van der Waals surface area contributed by atoms with E-state index in [1.165, 1.54) is 6.07 Å². The van der Waals surface area contributed by atoms with Gasteiger partial charge in [-0.3, -0.25) is 0 Å². The number of hydrogen-bond acceptors (Lipinski definition) is 1. The Morgan fingerprint density at radius 3 is 2.41 bits per heavy atom. The summed E-state index contributed by atoms with van der Waals surface area (Å²) in [6.07, 6.45) is -1.72. The average molecular weight is 246 g/mol. The Morgan fingerprint density at radius 2 is 1.94 bits per heavy atom. The van der Waals surface area contributed by atoms with Crippen molar-refractivity contribution in [1.82, 2.24) is 0 Å². The molecule has 4 heteroatoms. The second-order valence-electron chi connectivity index (χ2n) is 4.15. The summed E-state index contributed by atoms with van der Waals surface area (Å²) in [6.45, 7) is 4.97. The highest BCUT2D eigenvalue weighted by Gasteiger charge is 2.14. The number of hydrogen-bond donors (Lipinski definition) is 0. The molecule has 17 heavy (non-hydrogen) atoms. The first-order valence-electron chi connectivity index (χ1n) is 5.66. The van der Waals surface area contributed by atoms with E-state index in [4.69, 9.17) is 4.74 Å². The van der Waals surface area contributed by atoms with Crippen LogP contribution in [-0.2, 0) is 0 Å². The maximum absolute atomic E-state index is 13.8. The van der Waals surface area contributed by atoms with Gasteiger partial charge in [-0.15, -0.1) is 0 Å². The minimum atomic E-state index is -2.55. The Balaban J connectivity index is 2.93. The molecule has 0 fully saturated rings. The quantitative estimate of drug-likeness (QED) is 0.753. The van der Waals surface area contributed by atoms with E-state index in [1.54, 1.807) is 13.0 Å². The van der Waals surface area contributed by atoms with E-state index in [9.17, 15) is 13.2 Å². The van der Waals surface area contributed by atoms with Crippen molar-refractivity contribution in [3.05, 3.63) is 29.1 Å². The predicted molar refractivity (Wildman–Crippen MR) is 61.3 cm³/mol. The first kappa shape index (κ1) is 13.9. The zero-order chi connectivity index (χ0) is 13.0. The molecule has 0 saturated carbocycles. The largest absolute Gasteiger partial charge is 0.488 e. The highest BCUT2D eigenvalue weighted by molar-refractivity contribution is 5.38. The number of rotatable bonds is 5. The molecule has 0 saturated heterocycles. The van der Waals surface area contributed by atoms with Crippen LogP contribution < -0.4 is 4.74 Å². The molecular weight excluding hydrogens is 229 g/mol. The van der Waals surface area contributed by atoms with Gasteiger partial charge in [0, 0.05) is 6.07 Å². The summed E-state index contributed by atoms with van der Waals surface area (Å²) >= 11 is 0. The van der Waals surface area contributed by atoms with Crippen LogP contribution in [0.1, 0.15) is 37.3 Å². The lowest BCUT2D eigenvalue weighted by Gasteiger charge is -2.15. The molecule has 0 aliphatic carbocycles. The molecule has 1 aromatic rings. The van der Waals surface area contributed by atoms with Gasteiger partial charge in [-0.1, -0.05) is 13.8 Å². The van der Waals surface area contributed by atoms with Crippen molar-refractivity contribution in [2.75, 3.05) is 6.61 Å². The van der Waals surface area contributed by atoms with Crippen molar-refractivity contribution in [3.63, 3.8) is 0 Å². The van der Waals surface area contributed by atoms with Gasteiger partial charge < -0.3 is 4.74 Å². The lowest BCUT2D eigenvalue weighted by molar-refractivity contribution is 0.0817. The maximum Gasteiger partial charge on any atom is 0.272 e. The fourth-order valence-corrected chi connectivity index (χ4v) is 1.79. The van der Waals surface area contributed by atoms with Gasteiger partial charge in [-0.25, -0.2) is 13.2 Å². The molecule has 0 spiro atoms. The molecule has 0 radical (unpaired) electrons. The molecule has 1 aromatic carbocycles. The first-order chi connectivity index (χ1) is 7.95. The van der Waals surface area contributed by atoms with Gasteiger partial charge in [0.25, 0.3) is 6.43 Å². The Hall–Kier alpha value is -1.19. The van der Waals surface area contributed by atoms with Crippen molar-refractivity contribution in [2.24, 2.45) is 0 Å². The van der Waals surface area contributed by atoms with Crippen LogP contribution >= 0.6 is 0 Å². The van der Waals surface area contributed by atoms with Crippen LogP contribution in [0.5, 0.6) is 5.75 Å². The fourth-order valence-electron chi connectivity index (χ4n) is 1.79. The summed E-state index contributed by atoms with van der Waals surface area (Å²) in [7, 11) is 0. The molecule has 1 unspecified atom stereocenters. The Morgan fingerprint density at radius 1 is 1.29 bits per heavy atom. The van der Waals surface area contributed by atoms with Crippen LogP contribution in [0.15, 0.2) is 12.1 Å². The van der Waals surface area contributed by atoms with Crippen LogP contribution in [0.2, 0.25) is 0 Å². The smallest absolute Gasteiger partial charge is 0.272 e. The molecule has 0 N–H and O–H groups in total. The monoisotopic (exact) mass is 246 g/mol. The molecule has 0 bridgehead atoms. The molecule has 96 valence electrons. The summed E-state index contributed by atoms with van der Waals surface area (Å²) < 4.78 is 42.5. The van der Waals surface area contributed by atoms with E-state index in [0.717, 1.165) is 12.0 Å². The highest BCUT2D eigenvalue weighted by Crippen LogP contribution is 2.29. The standard InChI is InChI=1S/C13H17F3O/c1-4-8(2)13-9(3)5-10(6-11(13)14)17-7-12(15)16/h5-6,8,12H,4,7H2,1-3H3. The second kappa shape index (κ2) is 5.94. The van der Waals surface area contributed by atoms with Crippen molar-refractivity contribution in [2.45, 2.75) is 39.5 Å². The minimum Gasteiger partial charge on any atom is -0.488 e. The summed E-state index contributed by atoms with van der Waals surface area (Å²) in [5, 5.41) is 0. The maximum atomic E-state index is 13.8. The van der Waals surface area contributed by atoms with Crippen molar-refractivity contribution in [1.29, 1.82) is 0 Å². The third-order valence-electron chi connectivity index (χ3n) is 2.79. The van der Waals surface area contributed by atoms with Gasteiger partial charge >= 0.3 is 0 Å². The zero-order valence-electron chi connectivity index (χ0n) is 10.3. The van der Waals surface area contributed by atoms with E-state index in [1.807, 2.05) is 13.8 Å². The summed E-state index contributed by atoms with van der Waals surface area (Å²) in [5.41, 5.74) is 1.38. The Kier molecular flexibility index (Phi) is 4.85. The van der Waals surface area contributed by atoms with Gasteiger partial charge in [0.15, 0.2) is 0 Å². The SMILES string of the molecule is CCC(C)c1c(C)cc(OCC(F)F)cc1F. The predicted octanol–water partition coefficient (Wildman–Crippen LogP) is 4.29. The van der Waals surface area contributed by atoms with Crippen LogP contribution in [0.4, 0.5) is 13.2 Å². The molecule has 0 aliphatic rings. The molecule has 1 rings (SSSR count). The number of aryl methyl sites for hydroxylation is 1. The summed E-state index contributed by atoms with van der Waals surface area (Å²) in [6, 6.07) is 2.78. The third kappa shape index (κ3) is 3.65. The normalized spacial score (nSPS) is 12.9. The number of halogens is 3. The Bertz CT molecular complexity index is 354. The van der Waals surface area contributed by atoms with Gasteiger partial charge in [0.05, 0.1) is 0 Å². The second-order valence-corrected chi connectivity index (χ2v) is 4.15. The van der Waals surface area contributed by atoms with Crippen LogP contribution in [-0.4, -0.2) is 13.0 Å². The zero-order valence-corrected chi connectivity index (χ0v) is 10.3. The number of benzene rings is 1. The molecule has 0 aromatic heterocycles. The van der Waals surface area contributed by atoms with Gasteiger partial charge in [-0.2, -0.15) is 0 Å². The van der Waals surface area contributed by atoms with Gasteiger partial charge in [-0.05, 0) is 36.5 Å². The molecular formula is C13H17F3O. The summed E-state index contributed by atoms with van der Waals surface area (Å²) in [4.78, 5) is 0. The van der Waals surface area contributed by atoms with Crippen molar-refractivity contribution >= 4 is 0 Å². The van der Waals surface area contributed by atoms with E-state index in [2.05, 4.69) is 0 Å². The highest BCUT2D eigenvalue weighted by atomic mass is 19.3. The van der Waals surface area contributed by atoms with E-state index < -0.39 is 13.0 Å². The minimum absolute atomic E-state index is 0.110. The lowest BCUT2D eigenvalue weighted by Crippen LogP contribution is -2.08. The third-order valence-corrected chi connectivity index (χ3v) is 2.79. The van der Waals surface area contributed by atoms with E-state index in [0.29, 0.717) is 5.56 Å². The molecule has 0 amide bonds. The van der Waals surface area contributed by atoms with Gasteiger partial charge in [0.1, 0.15) is 18.2 Å².